The average Bonchev–Trinajstić information content (AvgIpc) is 3.02. The SMILES string of the molecule is Cc1ccc(NC(=O)c2cccc(NC3=C(Cl)C(=O)N(c4cc(Cl)c(Cl)cc4Cl)C3=O)c2)cc1Cl. The molecule has 3 aromatic rings. The molecule has 0 spiro atoms. The van der Waals surface area contributed by atoms with Crippen molar-refractivity contribution in [1.82, 2.24) is 0 Å². The summed E-state index contributed by atoms with van der Waals surface area (Å²) in [7, 11) is 0. The first-order valence-electron chi connectivity index (χ1n) is 9.94. The fourth-order valence-corrected chi connectivity index (χ4v) is 4.29. The number of nitrogens with one attached hydrogen (secondary N) is 2. The predicted octanol–water partition coefficient (Wildman–Crippen LogP) is 7.30. The number of hydrogen-bond acceptors (Lipinski definition) is 4. The van der Waals surface area contributed by atoms with Crippen molar-refractivity contribution in [3.63, 3.8) is 0 Å². The maximum atomic E-state index is 13.1. The fraction of sp³-hybridized carbons (Fsp3) is 0.0417. The second kappa shape index (κ2) is 10.1. The highest BCUT2D eigenvalue weighted by atomic mass is 35.5. The summed E-state index contributed by atoms with van der Waals surface area (Å²) in [5.74, 6) is -1.93. The number of hydrogen-bond donors (Lipinski definition) is 2. The topological polar surface area (TPSA) is 78.5 Å². The van der Waals surface area contributed by atoms with Crippen molar-refractivity contribution < 1.29 is 14.4 Å². The molecule has 11 heteroatoms. The quantitative estimate of drug-likeness (QED) is 0.250. The Balaban J connectivity index is 1.56. The van der Waals surface area contributed by atoms with Crippen molar-refractivity contribution in [2.24, 2.45) is 0 Å². The summed E-state index contributed by atoms with van der Waals surface area (Å²) >= 11 is 30.5. The Morgan fingerprint density at radius 2 is 1.49 bits per heavy atom. The number of carbonyl (C=O) groups is 3. The van der Waals surface area contributed by atoms with Crippen molar-refractivity contribution in [2.75, 3.05) is 15.5 Å². The molecule has 0 fully saturated rings. The summed E-state index contributed by atoms with van der Waals surface area (Å²) < 4.78 is 0. The van der Waals surface area contributed by atoms with Gasteiger partial charge in [-0.2, -0.15) is 0 Å². The summed E-state index contributed by atoms with van der Waals surface area (Å²) in [4.78, 5) is 39.4. The molecule has 0 bridgehead atoms. The maximum absolute atomic E-state index is 13.1. The lowest BCUT2D eigenvalue weighted by Gasteiger charge is -2.17. The molecule has 0 unspecified atom stereocenters. The van der Waals surface area contributed by atoms with Gasteiger partial charge in [0.2, 0.25) is 0 Å². The van der Waals surface area contributed by atoms with Crippen LogP contribution in [0.15, 0.2) is 65.3 Å². The van der Waals surface area contributed by atoms with E-state index >= 15 is 0 Å². The van der Waals surface area contributed by atoms with Crippen molar-refractivity contribution in [3.05, 3.63) is 96.5 Å². The van der Waals surface area contributed by atoms with Gasteiger partial charge in [-0.1, -0.05) is 70.1 Å². The number of imide groups is 1. The Morgan fingerprint density at radius 1 is 0.771 bits per heavy atom. The molecule has 178 valence electrons. The van der Waals surface area contributed by atoms with Gasteiger partial charge >= 0.3 is 0 Å². The van der Waals surface area contributed by atoms with E-state index in [4.69, 9.17) is 58.0 Å². The second-order valence-corrected chi connectivity index (χ2v) is 9.48. The van der Waals surface area contributed by atoms with Gasteiger partial charge in [-0.25, -0.2) is 4.90 Å². The standard InChI is InChI=1S/C24H14Cl5N3O3/c1-11-5-6-14(8-15(11)25)31-22(33)12-3-2-4-13(7-12)30-21-20(29)23(34)32(24(21)35)19-10-17(27)16(26)9-18(19)28/h2-10,30H,1H3,(H,31,33). The van der Waals surface area contributed by atoms with Gasteiger partial charge in [-0.3, -0.25) is 14.4 Å². The van der Waals surface area contributed by atoms with E-state index in [9.17, 15) is 14.4 Å². The van der Waals surface area contributed by atoms with Gasteiger partial charge in [0, 0.05) is 22.0 Å². The van der Waals surface area contributed by atoms with Crippen LogP contribution in [0.1, 0.15) is 15.9 Å². The first-order valence-corrected chi connectivity index (χ1v) is 11.8. The smallest absolute Gasteiger partial charge is 0.283 e. The van der Waals surface area contributed by atoms with E-state index in [1.165, 1.54) is 18.2 Å². The van der Waals surface area contributed by atoms with Crippen molar-refractivity contribution in [1.29, 1.82) is 0 Å². The molecule has 0 saturated heterocycles. The number of aryl methyl sites for hydroxylation is 1. The van der Waals surface area contributed by atoms with Gasteiger partial charge in [0.05, 0.1) is 20.8 Å². The fourth-order valence-electron chi connectivity index (χ4n) is 3.27. The van der Waals surface area contributed by atoms with Crippen molar-refractivity contribution in [3.8, 4) is 0 Å². The number of rotatable bonds is 5. The van der Waals surface area contributed by atoms with Crippen LogP contribution in [0.4, 0.5) is 17.1 Å². The lowest BCUT2D eigenvalue weighted by atomic mass is 10.1. The van der Waals surface area contributed by atoms with E-state index in [0.717, 1.165) is 10.5 Å². The molecule has 3 aromatic carbocycles. The summed E-state index contributed by atoms with van der Waals surface area (Å²) in [6, 6.07) is 14.1. The minimum Gasteiger partial charge on any atom is -0.350 e. The third-order valence-electron chi connectivity index (χ3n) is 5.08. The molecule has 0 aromatic heterocycles. The molecule has 6 nitrogen and oxygen atoms in total. The van der Waals surface area contributed by atoms with Crippen LogP contribution in [0.5, 0.6) is 0 Å². The summed E-state index contributed by atoms with van der Waals surface area (Å²) in [6.45, 7) is 1.86. The van der Waals surface area contributed by atoms with Crippen molar-refractivity contribution in [2.45, 2.75) is 6.92 Å². The van der Waals surface area contributed by atoms with E-state index in [2.05, 4.69) is 10.6 Å². The highest BCUT2D eigenvalue weighted by Crippen LogP contribution is 2.38. The molecular formula is C24H14Cl5N3O3. The van der Waals surface area contributed by atoms with E-state index < -0.39 is 17.7 Å². The highest BCUT2D eigenvalue weighted by Gasteiger charge is 2.40. The van der Waals surface area contributed by atoms with Crippen LogP contribution in [-0.2, 0) is 9.59 Å². The zero-order valence-electron chi connectivity index (χ0n) is 17.8. The van der Waals surface area contributed by atoms with Crippen LogP contribution in [0.3, 0.4) is 0 Å². The third-order valence-corrected chi connectivity index (χ3v) is 6.86. The molecule has 0 atom stereocenters. The number of amides is 3. The third kappa shape index (κ3) is 5.13. The van der Waals surface area contributed by atoms with Gasteiger partial charge in [0.1, 0.15) is 10.7 Å². The molecule has 0 aliphatic carbocycles. The maximum Gasteiger partial charge on any atom is 0.283 e. The Labute approximate surface area is 225 Å². The summed E-state index contributed by atoms with van der Waals surface area (Å²) in [5.41, 5.74) is 1.92. The van der Waals surface area contributed by atoms with Gasteiger partial charge in [-0.05, 0) is 55.0 Å². The molecule has 0 saturated carbocycles. The van der Waals surface area contributed by atoms with E-state index in [-0.39, 0.29) is 31.5 Å². The average molecular weight is 570 g/mol. The number of anilines is 3. The lowest BCUT2D eigenvalue weighted by Crippen LogP contribution is -2.32. The Kier molecular flexibility index (Phi) is 7.31. The minimum atomic E-state index is -0.787. The normalized spacial score (nSPS) is 13.5. The number of nitrogens with zero attached hydrogens (tertiary/aromatic N) is 1. The van der Waals surface area contributed by atoms with Crippen LogP contribution in [0, 0.1) is 6.92 Å². The largest absolute Gasteiger partial charge is 0.350 e. The Bertz CT molecular complexity index is 1440. The van der Waals surface area contributed by atoms with Gasteiger partial charge in [0.25, 0.3) is 17.7 Å². The van der Waals surface area contributed by atoms with Crippen LogP contribution < -0.4 is 15.5 Å². The minimum absolute atomic E-state index is 0.0379. The predicted molar refractivity (Wildman–Crippen MR) is 141 cm³/mol. The first kappa shape index (κ1) is 25.4. The molecule has 35 heavy (non-hydrogen) atoms. The Morgan fingerprint density at radius 3 is 2.20 bits per heavy atom. The lowest BCUT2D eigenvalue weighted by molar-refractivity contribution is -0.120. The number of benzene rings is 3. The van der Waals surface area contributed by atoms with Crippen LogP contribution in [0.2, 0.25) is 20.1 Å². The van der Waals surface area contributed by atoms with E-state index in [1.807, 2.05) is 6.92 Å². The second-order valence-electron chi connectivity index (χ2n) is 7.48. The Hall–Kier alpha value is -2.74. The monoisotopic (exact) mass is 567 g/mol. The zero-order valence-corrected chi connectivity index (χ0v) is 21.5. The molecule has 1 aliphatic rings. The molecule has 1 aliphatic heterocycles. The molecule has 1 heterocycles. The summed E-state index contributed by atoms with van der Waals surface area (Å²) in [6.07, 6.45) is 0. The summed E-state index contributed by atoms with van der Waals surface area (Å²) in [5, 5.41) is 6.08. The molecular weight excluding hydrogens is 556 g/mol. The molecule has 3 amide bonds. The van der Waals surface area contributed by atoms with Gasteiger partial charge in [-0.15, -0.1) is 0 Å². The number of carbonyl (C=O) groups excluding carboxylic acids is 3. The van der Waals surface area contributed by atoms with Gasteiger partial charge < -0.3 is 10.6 Å². The van der Waals surface area contributed by atoms with E-state index in [0.29, 0.717) is 22.0 Å². The molecule has 4 rings (SSSR count). The van der Waals surface area contributed by atoms with Gasteiger partial charge in [0.15, 0.2) is 0 Å². The van der Waals surface area contributed by atoms with Crippen molar-refractivity contribution >= 4 is 92.8 Å². The van der Waals surface area contributed by atoms with Crippen LogP contribution in [-0.4, -0.2) is 17.7 Å². The van der Waals surface area contributed by atoms with Crippen LogP contribution in [0.25, 0.3) is 0 Å². The van der Waals surface area contributed by atoms with Crippen LogP contribution >= 0.6 is 58.0 Å². The molecule has 2 N–H and O–H groups in total. The van der Waals surface area contributed by atoms with E-state index in [1.54, 1.807) is 36.4 Å². The molecule has 0 radical (unpaired) electrons. The first-order chi connectivity index (χ1) is 16.6. The highest BCUT2D eigenvalue weighted by molar-refractivity contribution is 6.54. The zero-order chi connectivity index (χ0) is 25.4. The number of halogens is 5.